The van der Waals surface area contributed by atoms with E-state index in [0.29, 0.717) is 6.04 Å². The Morgan fingerprint density at radius 3 is 3.36 bits per heavy atom. The van der Waals surface area contributed by atoms with Crippen molar-refractivity contribution in [3.63, 3.8) is 0 Å². The lowest BCUT2D eigenvalue weighted by atomic mass is 10.1. The fourth-order valence-corrected chi connectivity index (χ4v) is 1.80. The number of hydrogen-bond donors (Lipinski definition) is 1. The van der Waals surface area contributed by atoms with E-state index in [9.17, 15) is 0 Å². The van der Waals surface area contributed by atoms with Gasteiger partial charge in [-0.1, -0.05) is 0 Å². The second kappa shape index (κ2) is 4.57. The molecule has 2 heterocycles. The highest BCUT2D eigenvalue weighted by Gasteiger charge is 2.16. The maximum absolute atomic E-state index is 5.43. The number of rotatable bonds is 3. The summed E-state index contributed by atoms with van der Waals surface area (Å²) < 4.78 is 7.46. The van der Waals surface area contributed by atoms with Gasteiger partial charge in [-0.2, -0.15) is 5.10 Å². The Hall–Kier alpha value is -0.870. The highest BCUT2D eigenvalue weighted by molar-refractivity contribution is 5.04. The van der Waals surface area contributed by atoms with Crippen LogP contribution in [-0.2, 0) is 11.3 Å². The monoisotopic (exact) mass is 195 g/mol. The van der Waals surface area contributed by atoms with Crippen LogP contribution in [0, 0.1) is 0 Å². The minimum Gasteiger partial charge on any atom is -0.379 e. The van der Waals surface area contributed by atoms with Gasteiger partial charge < -0.3 is 10.1 Å². The predicted octanol–water partition coefficient (Wildman–Crippen LogP) is 0.954. The van der Waals surface area contributed by atoms with Crippen molar-refractivity contribution in [2.24, 2.45) is 0 Å². The molecule has 1 aromatic heterocycles. The molecule has 1 aromatic rings. The van der Waals surface area contributed by atoms with Gasteiger partial charge in [0.15, 0.2) is 0 Å². The van der Waals surface area contributed by atoms with Crippen LogP contribution in [-0.4, -0.2) is 30.0 Å². The van der Waals surface area contributed by atoms with Gasteiger partial charge in [0.05, 0.1) is 18.8 Å². The van der Waals surface area contributed by atoms with Crippen LogP contribution >= 0.6 is 0 Å². The molecular weight excluding hydrogens is 178 g/mol. The predicted molar refractivity (Wildman–Crippen MR) is 54.1 cm³/mol. The van der Waals surface area contributed by atoms with E-state index < -0.39 is 0 Å². The van der Waals surface area contributed by atoms with Gasteiger partial charge in [-0.15, -0.1) is 0 Å². The number of ether oxygens (including phenoxy) is 1. The lowest BCUT2D eigenvalue weighted by Gasteiger charge is -2.22. The zero-order valence-electron chi connectivity index (χ0n) is 8.57. The van der Waals surface area contributed by atoms with Crippen molar-refractivity contribution >= 4 is 0 Å². The van der Waals surface area contributed by atoms with E-state index in [0.717, 1.165) is 26.2 Å². The van der Waals surface area contributed by atoms with Crippen molar-refractivity contribution in [1.82, 2.24) is 15.1 Å². The molecule has 0 saturated carbocycles. The Balaban J connectivity index is 2.00. The van der Waals surface area contributed by atoms with Gasteiger partial charge in [0.25, 0.3) is 0 Å². The first-order valence-electron chi connectivity index (χ1n) is 5.15. The zero-order valence-corrected chi connectivity index (χ0v) is 8.57. The summed E-state index contributed by atoms with van der Waals surface area (Å²) in [6.07, 6.45) is 6.35. The van der Waals surface area contributed by atoms with Gasteiger partial charge in [0.2, 0.25) is 0 Å². The number of nitrogens with zero attached hydrogens (tertiary/aromatic N) is 2. The molecule has 1 fully saturated rings. The molecule has 1 aliphatic rings. The quantitative estimate of drug-likeness (QED) is 0.780. The van der Waals surface area contributed by atoms with Gasteiger partial charge >= 0.3 is 0 Å². The molecule has 0 aromatic carbocycles. The van der Waals surface area contributed by atoms with E-state index in [1.165, 1.54) is 12.0 Å². The van der Waals surface area contributed by atoms with Crippen molar-refractivity contribution in [2.45, 2.75) is 25.4 Å². The van der Waals surface area contributed by atoms with Crippen LogP contribution in [0.4, 0.5) is 0 Å². The number of nitrogens with one attached hydrogen (secondary N) is 1. The largest absolute Gasteiger partial charge is 0.379 e. The summed E-state index contributed by atoms with van der Waals surface area (Å²) in [7, 11) is 1.95. The average Bonchev–Trinajstić information content (AvgIpc) is 2.68. The summed E-state index contributed by atoms with van der Waals surface area (Å²) in [6.45, 7) is 2.59. The van der Waals surface area contributed by atoms with Crippen molar-refractivity contribution in [3.05, 3.63) is 18.0 Å². The Labute approximate surface area is 84.3 Å². The molecule has 0 spiro atoms. The smallest absolute Gasteiger partial charge is 0.0753 e. The van der Waals surface area contributed by atoms with Crippen LogP contribution < -0.4 is 5.32 Å². The van der Waals surface area contributed by atoms with E-state index in [2.05, 4.69) is 16.6 Å². The van der Waals surface area contributed by atoms with E-state index >= 15 is 0 Å². The average molecular weight is 195 g/mol. The van der Waals surface area contributed by atoms with E-state index in [-0.39, 0.29) is 0 Å². The summed E-state index contributed by atoms with van der Waals surface area (Å²) in [5.41, 5.74) is 1.23. The van der Waals surface area contributed by atoms with Crippen LogP contribution in [0.25, 0.3) is 0 Å². The minimum absolute atomic E-state index is 0.439. The van der Waals surface area contributed by atoms with Crippen LogP contribution in [0.2, 0.25) is 0 Å². The molecule has 14 heavy (non-hydrogen) atoms. The third-order valence-electron chi connectivity index (χ3n) is 2.55. The molecule has 1 atom stereocenters. The second-order valence-corrected chi connectivity index (χ2v) is 3.73. The van der Waals surface area contributed by atoms with Gasteiger partial charge in [0.1, 0.15) is 0 Å². The topological polar surface area (TPSA) is 39.1 Å². The lowest BCUT2D eigenvalue weighted by Crippen LogP contribution is -2.21. The van der Waals surface area contributed by atoms with Gasteiger partial charge in [-0.25, -0.2) is 0 Å². The molecule has 1 aliphatic heterocycles. The Bertz CT molecular complexity index is 279. The molecule has 0 radical (unpaired) electrons. The minimum atomic E-state index is 0.439. The second-order valence-electron chi connectivity index (χ2n) is 3.73. The van der Waals surface area contributed by atoms with Crippen molar-refractivity contribution in [3.8, 4) is 0 Å². The molecule has 0 bridgehead atoms. The SMILES string of the molecule is CNCc1cnn(C2CCCOC2)c1. The first-order chi connectivity index (χ1) is 6.90. The first kappa shape index (κ1) is 9.68. The summed E-state index contributed by atoms with van der Waals surface area (Å²) >= 11 is 0. The van der Waals surface area contributed by atoms with Gasteiger partial charge in [0, 0.05) is 24.9 Å². The molecule has 0 amide bonds. The molecule has 1 saturated heterocycles. The third kappa shape index (κ3) is 2.13. The maximum atomic E-state index is 5.43. The standard InChI is InChI=1S/C10H17N3O/c1-11-5-9-6-12-13(7-9)10-3-2-4-14-8-10/h6-7,10-11H,2-5,8H2,1H3. The van der Waals surface area contributed by atoms with Crippen molar-refractivity contribution in [1.29, 1.82) is 0 Å². The summed E-state index contributed by atoms with van der Waals surface area (Å²) in [5.74, 6) is 0. The maximum Gasteiger partial charge on any atom is 0.0753 e. The number of aromatic nitrogens is 2. The third-order valence-corrected chi connectivity index (χ3v) is 2.55. The summed E-state index contributed by atoms with van der Waals surface area (Å²) in [6, 6.07) is 0.439. The van der Waals surface area contributed by atoms with Crippen LogP contribution in [0.15, 0.2) is 12.4 Å². The lowest BCUT2D eigenvalue weighted by molar-refractivity contribution is 0.0549. The van der Waals surface area contributed by atoms with Crippen LogP contribution in [0.1, 0.15) is 24.4 Å². The van der Waals surface area contributed by atoms with Gasteiger partial charge in [-0.05, 0) is 19.9 Å². The van der Waals surface area contributed by atoms with E-state index in [1.807, 2.05) is 17.9 Å². The van der Waals surface area contributed by atoms with Crippen LogP contribution in [0.3, 0.4) is 0 Å². The fraction of sp³-hybridized carbons (Fsp3) is 0.700. The number of hydrogen-bond acceptors (Lipinski definition) is 3. The summed E-state index contributed by atoms with van der Waals surface area (Å²) in [5, 5.41) is 7.47. The molecule has 4 nitrogen and oxygen atoms in total. The Morgan fingerprint density at radius 1 is 1.71 bits per heavy atom. The molecule has 1 unspecified atom stereocenters. The van der Waals surface area contributed by atoms with Gasteiger partial charge in [-0.3, -0.25) is 4.68 Å². The van der Waals surface area contributed by atoms with Crippen LogP contribution in [0.5, 0.6) is 0 Å². The summed E-state index contributed by atoms with van der Waals surface area (Å²) in [4.78, 5) is 0. The molecule has 2 rings (SSSR count). The fourth-order valence-electron chi connectivity index (χ4n) is 1.80. The zero-order chi connectivity index (χ0) is 9.80. The molecule has 4 heteroatoms. The Morgan fingerprint density at radius 2 is 2.64 bits per heavy atom. The van der Waals surface area contributed by atoms with E-state index in [4.69, 9.17) is 4.74 Å². The highest BCUT2D eigenvalue weighted by Crippen LogP contribution is 2.18. The first-order valence-corrected chi connectivity index (χ1v) is 5.15. The molecule has 1 N–H and O–H groups in total. The normalized spacial score (nSPS) is 22.5. The molecule has 78 valence electrons. The Kier molecular flexibility index (Phi) is 3.16. The molecular formula is C10H17N3O. The molecule has 0 aliphatic carbocycles. The van der Waals surface area contributed by atoms with Crippen molar-refractivity contribution < 1.29 is 4.74 Å². The van der Waals surface area contributed by atoms with E-state index in [1.54, 1.807) is 0 Å². The van der Waals surface area contributed by atoms with Crippen molar-refractivity contribution in [2.75, 3.05) is 20.3 Å². The highest BCUT2D eigenvalue weighted by atomic mass is 16.5.